The summed E-state index contributed by atoms with van der Waals surface area (Å²) in [5.74, 6) is -0.252. The number of carbonyl (C=O) groups is 1. The summed E-state index contributed by atoms with van der Waals surface area (Å²) in [7, 11) is 0. The minimum Gasteiger partial charge on any atom is -0.296 e. The van der Waals surface area contributed by atoms with Gasteiger partial charge < -0.3 is 0 Å². The molecule has 24 heavy (non-hydrogen) atoms. The number of amides is 1. The Bertz CT molecular complexity index is 599. The molecule has 1 amide bonds. The van der Waals surface area contributed by atoms with Crippen molar-refractivity contribution >= 4 is 5.91 Å². The van der Waals surface area contributed by atoms with Crippen LogP contribution in [0.15, 0.2) is 12.1 Å². The summed E-state index contributed by atoms with van der Waals surface area (Å²) in [5.41, 5.74) is 3.39. The summed E-state index contributed by atoms with van der Waals surface area (Å²) in [4.78, 5) is 14.1. The number of benzene rings is 1. The summed E-state index contributed by atoms with van der Waals surface area (Å²) < 4.78 is 14.4. The molecule has 0 spiro atoms. The first kappa shape index (κ1) is 17.4. The van der Waals surface area contributed by atoms with Crippen molar-refractivity contribution in [3.63, 3.8) is 0 Å². The van der Waals surface area contributed by atoms with Gasteiger partial charge in [-0.3, -0.25) is 14.9 Å². The second-order valence-electron chi connectivity index (χ2n) is 7.24. The van der Waals surface area contributed by atoms with Crippen LogP contribution in [-0.4, -0.2) is 28.6 Å². The Morgan fingerprint density at radius 2 is 2.08 bits per heavy atom. The van der Waals surface area contributed by atoms with E-state index in [-0.39, 0.29) is 11.4 Å². The van der Waals surface area contributed by atoms with E-state index >= 15 is 0 Å². The lowest BCUT2D eigenvalue weighted by Crippen LogP contribution is -2.43. The first-order valence-corrected chi connectivity index (χ1v) is 9.12. The third kappa shape index (κ3) is 3.62. The number of hydrogen-bond donors (Lipinski definition) is 2. The zero-order valence-corrected chi connectivity index (χ0v) is 14.4. The van der Waals surface area contributed by atoms with E-state index in [9.17, 15) is 9.18 Å². The second-order valence-corrected chi connectivity index (χ2v) is 7.24. The molecule has 0 bridgehead atoms. The van der Waals surface area contributed by atoms with Crippen molar-refractivity contribution in [3.8, 4) is 0 Å². The van der Waals surface area contributed by atoms with Crippen LogP contribution in [0.1, 0.15) is 66.9 Å². The monoisotopic (exact) mass is 334 g/mol. The van der Waals surface area contributed by atoms with Crippen LogP contribution in [0, 0.1) is 11.7 Å². The molecule has 1 heterocycles. The van der Waals surface area contributed by atoms with Crippen molar-refractivity contribution < 1.29 is 14.4 Å². The Morgan fingerprint density at radius 3 is 2.75 bits per heavy atom. The molecule has 1 unspecified atom stereocenters. The highest BCUT2D eigenvalue weighted by molar-refractivity contribution is 5.93. The fourth-order valence-corrected chi connectivity index (χ4v) is 4.29. The molecule has 1 aliphatic carbocycles. The SMILES string of the molecule is CCC1Cc2c(F)cc(C(=O)NO)cc2CN1CC1CCCCC1. The fraction of sp³-hybridized carbons (Fsp3) is 0.632. The van der Waals surface area contributed by atoms with Crippen LogP contribution in [0.25, 0.3) is 0 Å². The third-order valence-corrected chi connectivity index (χ3v) is 5.67. The molecule has 3 rings (SSSR count). The standard InChI is InChI=1S/C19H27FN2O2/c1-2-16-10-17-15(8-14(9-18(17)20)19(23)21-24)12-22(16)11-13-6-4-3-5-7-13/h8-9,13,16,24H,2-7,10-12H2,1H3,(H,21,23). The molecule has 1 aromatic rings. The highest BCUT2D eigenvalue weighted by Crippen LogP contribution is 2.31. The van der Waals surface area contributed by atoms with Crippen LogP contribution in [0.2, 0.25) is 0 Å². The van der Waals surface area contributed by atoms with Gasteiger partial charge in [-0.05, 0) is 54.9 Å². The molecule has 0 aromatic heterocycles. The van der Waals surface area contributed by atoms with Crippen molar-refractivity contribution in [3.05, 3.63) is 34.6 Å². The van der Waals surface area contributed by atoms with Crippen LogP contribution in [0.4, 0.5) is 4.39 Å². The van der Waals surface area contributed by atoms with E-state index in [4.69, 9.17) is 5.21 Å². The Labute approximate surface area is 143 Å². The molecule has 1 aliphatic heterocycles. The van der Waals surface area contributed by atoms with Crippen molar-refractivity contribution in [2.45, 2.75) is 64.5 Å². The number of hydroxylamine groups is 1. The van der Waals surface area contributed by atoms with Crippen LogP contribution in [0.5, 0.6) is 0 Å². The molecule has 132 valence electrons. The average molecular weight is 334 g/mol. The summed E-state index contributed by atoms with van der Waals surface area (Å²) in [5, 5.41) is 8.80. The average Bonchev–Trinajstić information content (AvgIpc) is 2.61. The van der Waals surface area contributed by atoms with Gasteiger partial charge in [0.25, 0.3) is 5.91 Å². The molecular weight excluding hydrogens is 307 g/mol. The summed E-state index contributed by atoms with van der Waals surface area (Å²) in [6.07, 6.45) is 8.28. The van der Waals surface area contributed by atoms with Gasteiger partial charge in [0, 0.05) is 24.7 Å². The first-order chi connectivity index (χ1) is 11.6. The highest BCUT2D eigenvalue weighted by Gasteiger charge is 2.30. The van der Waals surface area contributed by atoms with E-state index < -0.39 is 5.91 Å². The van der Waals surface area contributed by atoms with Gasteiger partial charge >= 0.3 is 0 Å². The van der Waals surface area contributed by atoms with Gasteiger partial charge in [-0.2, -0.15) is 0 Å². The van der Waals surface area contributed by atoms with Crippen LogP contribution in [-0.2, 0) is 13.0 Å². The van der Waals surface area contributed by atoms with Gasteiger partial charge in [0.05, 0.1) is 0 Å². The van der Waals surface area contributed by atoms with E-state index in [1.807, 2.05) is 0 Å². The molecule has 0 radical (unpaired) electrons. The Hall–Kier alpha value is -1.46. The van der Waals surface area contributed by atoms with Crippen molar-refractivity contribution in [1.82, 2.24) is 10.4 Å². The number of hydrogen-bond acceptors (Lipinski definition) is 3. The van der Waals surface area contributed by atoms with E-state index in [2.05, 4.69) is 11.8 Å². The smallest absolute Gasteiger partial charge is 0.274 e. The lowest BCUT2D eigenvalue weighted by atomic mass is 9.86. The normalized spacial score (nSPS) is 22.2. The van der Waals surface area contributed by atoms with E-state index in [1.54, 1.807) is 11.5 Å². The predicted octanol–water partition coefficient (Wildman–Crippen LogP) is 3.66. The maximum Gasteiger partial charge on any atom is 0.274 e. The number of nitrogens with one attached hydrogen (secondary N) is 1. The largest absolute Gasteiger partial charge is 0.296 e. The maximum absolute atomic E-state index is 14.4. The molecule has 0 saturated heterocycles. The molecule has 5 heteroatoms. The molecule has 4 nitrogen and oxygen atoms in total. The van der Waals surface area contributed by atoms with E-state index in [0.717, 1.165) is 30.0 Å². The topological polar surface area (TPSA) is 52.6 Å². The summed E-state index contributed by atoms with van der Waals surface area (Å²) >= 11 is 0. The number of nitrogens with zero attached hydrogens (tertiary/aromatic N) is 1. The minimum atomic E-state index is -0.659. The van der Waals surface area contributed by atoms with E-state index in [0.29, 0.717) is 19.0 Å². The Kier molecular flexibility index (Phi) is 5.51. The molecule has 1 aromatic carbocycles. The Balaban J connectivity index is 1.82. The van der Waals surface area contributed by atoms with Crippen molar-refractivity contribution in [2.75, 3.05) is 6.54 Å². The van der Waals surface area contributed by atoms with Gasteiger partial charge in [-0.15, -0.1) is 0 Å². The first-order valence-electron chi connectivity index (χ1n) is 9.12. The van der Waals surface area contributed by atoms with Crippen molar-refractivity contribution in [1.29, 1.82) is 0 Å². The van der Waals surface area contributed by atoms with Gasteiger partial charge in [0.15, 0.2) is 0 Å². The zero-order chi connectivity index (χ0) is 17.1. The minimum absolute atomic E-state index is 0.182. The number of carbonyl (C=O) groups excluding carboxylic acids is 1. The Morgan fingerprint density at radius 1 is 1.33 bits per heavy atom. The zero-order valence-electron chi connectivity index (χ0n) is 14.4. The van der Waals surface area contributed by atoms with Crippen molar-refractivity contribution in [2.24, 2.45) is 5.92 Å². The number of fused-ring (bicyclic) bond motifs is 1. The van der Waals surface area contributed by atoms with Crippen LogP contribution >= 0.6 is 0 Å². The highest BCUT2D eigenvalue weighted by atomic mass is 19.1. The molecule has 2 aliphatic rings. The number of rotatable bonds is 4. The molecule has 1 fully saturated rings. The second kappa shape index (κ2) is 7.62. The van der Waals surface area contributed by atoms with Crippen LogP contribution < -0.4 is 5.48 Å². The number of halogens is 1. The molecule has 1 atom stereocenters. The van der Waals surface area contributed by atoms with Crippen LogP contribution in [0.3, 0.4) is 0 Å². The lowest BCUT2D eigenvalue weighted by molar-refractivity contribution is 0.0705. The van der Waals surface area contributed by atoms with Gasteiger partial charge in [-0.1, -0.05) is 26.2 Å². The quantitative estimate of drug-likeness (QED) is 0.653. The van der Waals surface area contributed by atoms with Gasteiger partial charge in [0.2, 0.25) is 0 Å². The van der Waals surface area contributed by atoms with Gasteiger partial charge in [0.1, 0.15) is 5.82 Å². The molecular formula is C19H27FN2O2. The maximum atomic E-state index is 14.4. The predicted molar refractivity (Wildman–Crippen MR) is 90.4 cm³/mol. The lowest BCUT2D eigenvalue weighted by Gasteiger charge is -2.39. The fourth-order valence-electron chi connectivity index (χ4n) is 4.29. The summed E-state index contributed by atoms with van der Waals surface area (Å²) in [6, 6.07) is 3.32. The third-order valence-electron chi connectivity index (χ3n) is 5.67. The van der Waals surface area contributed by atoms with Gasteiger partial charge in [-0.25, -0.2) is 9.87 Å². The van der Waals surface area contributed by atoms with E-state index in [1.165, 1.54) is 38.2 Å². The molecule has 1 saturated carbocycles. The molecule has 2 N–H and O–H groups in total. The summed E-state index contributed by atoms with van der Waals surface area (Å²) in [6.45, 7) is 3.92.